The van der Waals surface area contributed by atoms with Gasteiger partial charge in [0.25, 0.3) is 0 Å². The van der Waals surface area contributed by atoms with E-state index in [0.717, 1.165) is 11.3 Å². The summed E-state index contributed by atoms with van der Waals surface area (Å²) in [6.07, 6.45) is 1.75. The molecular formula is C12H11ClN2O2. The lowest BCUT2D eigenvalue weighted by molar-refractivity contribution is 0.0697. The number of aromatic nitrogens is 2. The Morgan fingerprint density at radius 1 is 1.41 bits per heavy atom. The molecule has 2 rings (SSSR count). The summed E-state index contributed by atoms with van der Waals surface area (Å²) in [5, 5.41) is 13.6. The highest BCUT2D eigenvalue weighted by Crippen LogP contribution is 2.13. The first-order valence-corrected chi connectivity index (χ1v) is 5.46. The maximum absolute atomic E-state index is 10.7. The van der Waals surface area contributed by atoms with Crippen LogP contribution < -0.4 is 0 Å². The van der Waals surface area contributed by atoms with Crippen molar-refractivity contribution in [1.29, 1.82) is 0 Å². The molecule has 1 aromatic carbocycles. The largest absolute Gasteiger partial charge is 0.478 e. The van der Waals surface area contributed by atoms with Gasteiger partial charge < -0.3 is 5.11 Å². The third kappa shape index (κ3) is 2.65. The lowest BCUT2D eigenvalue weighted by atomic mass is 10.1. The number of hydrogen-bond donors (Lipinski definition) is 1. The molecule has 0 bridgehead atoms. The second kappa shape index (κ2) is 4.59. The zero-order valence-corrected chi connectivity index (χ0v) is 9.98. The number of aromatic carboxylic acids is 1. The van der Waals surface area contributed by atoms with E-state index >= 15 is 0 Å². The Hall–Kier alpha value is -1.81. The molecule has 2 aromatic rings. The second-order valence-corrected chi connectivity index (χ2v) is 4.17. The lowest BCUT2D eigenvalue weighted by Crippen LogP contribution is -2.01. The van der Waals surface area contributed by atoms with E-state index in [1.165, 1.54) is 0 Å². The quantitative estimate of drug-likeness (QED) is 0.911. The van der Waals surface area contributed by atoms with Crippen molar-refractivity contribution in [3.05, 3.63) is 52.3 Å². The Labute approximate surface area is 103 Å². The van der Waals surface area contributed by atoms with Crippen molar-refractivity contribution in [1.82, 2.24) is 9.78 Å². The van der Waals surface area contributed by atoms with Crippen molar-refractivity contribution in [2.75, 3.05) is 0 Å². The van der Waals surface area contributed by atoms with Gasteiger partial charge in [0.2, 0.25) is 0 Å². The number of carbonyl (C=O) groups is 1. The Bertz CT molecular complexity index is 527. The van der Waals surface area contributed by atoms with E-state index in [1.54, 1.807) is 35.1 Å². The van der Waals surface area contributed by atoms with Crippen LogP contribution in [0.25, 0.3) is 0 Å². The number of halogens is 1. The summed E-state index contributed by atoms with van der Waals surface area (Å²) >= 11 is 5.90. The molecule has 1 N–H and O–H groups in total. The van der Waals surface area contributed by atoms with E-state index in [0.29, 0.717) is 11.6 Å². The highest BCUT2D eigenvalue weighted by molar-refractivity contribution is 6.31. The van der Waals surface area contributed by atoms with Crippen LogP contribution in [0.3, 0.4) is 0 Å². The number of benzene rings is 1. The van der Waals surface area contributed by atoms with Gasteiger partial charge in [0.15, 0.2) is 0 Å². The van der Waals surface area contributed by atoms with Crippen LogP contribution in [0.4, 0.5) is 0 Å². The molecule has 0 atom stereocenters. The monoisotopic (exact) mass is 250 g/mol. The number of rotatable bonds is 3. The highest BCUT2D eigenvalue weighted by Gasteiger charge is 2.04. The van der Waals surface area contributed by atoms with Gasteiger partial charge in [-0.25, -0.2) is 4.79 Å². The molecule has 0 saturated heterocycles. The Balaban J connectivity index is 2.16. The van der Waals surface area contributed by atoms with Crippen molar-refractivity contribution < 1.29 is 9.90 Å². The number of carboxylic acids is 1. The zero-order valence-electron chi connectivity index (χ0n) is 9.22. The normalized spacial score (nSPS) is 10.5. The van der Waals surface area contributed by atoms with E-state index in [-0.39, 0.29) is 5.56 Å². The molecule has 0 aliphatic carbocycles. The van der Waals surface area contributed by atoms with Gasteiger partial charge in [-0.3, -0.25) is 4.68 Å². The molecule has 0 spiro atoms. The van der Waals surface area contributed by atoms with E-state index in [1.807, 2.05) is 6.92 Å². The smallest absolute Gasteiger partial charge is 0.335 e. The van der Waals surface area contributed by atoms with Gasteiger partial charge in [-0.05, 0) is 24.6 Å². The van der Waals surface area contributed by atoms with E-state index < -0.39 is 5.97 Å². The number of nitrogens with zero attached hydrogens (tertiary/aromatic N) is 2. The maximum atomic E-state index is 10.7. The summed E-state index contributed by atoms with van der Waals surface area (Å²) in [4.78, 5) is 10.7. The molecule has 1 aromatic heterocycles. The Morgan fingerprint density at radius 2 is 2.06 bits per heavy atom. The molecule has 4 nitrogen and oxygen atoms in total. The van der Waals surface area contributed by atoms with Crippen LogP contribution in [0.5, 0.6) is 0 Å². The topological polar surface area (TPSA) is 55.1 Å². The van der Waals surface area contributed by atoms with Crippen molar-refractivity contribution in [2.45, 2.75) is 13.5 Å². The van der Waals surface area contributed by atoms with Gasteiger partial charge in [0.05, 0.1) is 22.8 Å². The minimum atomic E-state index is -0.922. The molecular weight excluding hydrogens is 240 g/mol. The molecule has 0 aliphatic heterocycles. The fourth-order valence-corrected chi connectivity index (χ4v) is 1.66. The van der Waals surface area contributed by atoms with Crippen molar-refractivity contribution in [3.8, 4) is 0 Å². The van der Waals surface area contributed by atoms with Gasteiger partial charge in [-0.1, -0.05) is 23.7 Å². The van der Waals surface area contributed by atoms with Crippen molar-refractivity contribution in [2.24, 2.45) is 0 Å². The van der Waals surface area contributed by atoms with E-state index in [2.05, 4.69) is 5.10 Å². The molecule has 0 aliphatic rings. The summed E-state index contributed by atoms with van der Waals surface area (Å²) in [6.45, 7) is 2.42. The summed E-state index contributed by atoms with van der Waals surface area (Å²) < 4.78 is 1.73. The molecule has 0 fully saturated rings. The van der Waals surface area contributed by atoms with E-state index in [4.69, 9.17) is 16.7 Å². The summed E-state index contributed by atoms with van der Waals surface area (Å²) in [5.41, 5.74) is 2.05. The third-order valence-electron chi connectivity index (χ3n) is 2.43. The predicted molar refractivity (Wildman–Crippen MR) is 64.5 cm³/mol. The van der Waals surface area contributed by atoms with Crippen LogP contribution >= 0.6 is 11.6 Å². The first kappa shape index (κ1) is 11.7. The van der Waals surface area contributed by atoms with Crippen LogP contribution in [0.15, 0.2) is 30.5 Å². The molecule has 17 heavy (non-hydrogen) atoms. The van der Waals surface area contributed by atoms with Crippen LogP contribution in [-0.4, -0.2) is 20.9 Å². The summed E-state index contributed by atoms with van der Waals surface area (Å²) in [7, 11) is 0. The molecule has 0 amide bonds. The van der Waals surface area contributed by atoms with Crippen molar-refractivity contribution >= 4 is 17.6 Å². The molecule has 5 heteroatoms. The summed E-state index contributed by atoms with van der Waals surface area (Å²) in [5.74, 6) is -0.922. The standard InChI is InChI=1S/C12H11ClN2O2/c1-8-11(13)7-15(14-8)6-9-2-4-10(5-3-9)12(16)17/h2-5,7H,6H2,1H3,(H,16,17). The Morgan fingerprint density at radius 3 is 2.53 bits per heavy atom. The van der Waals surface area contributed by atoms with Crippen LogP contribution in [0, 0.1) is 6.92 Å². The number of hydrogen-bond acceptors (Lipinski definition) is 2. The molecule has 0 radical (unpaired) electrons. The van der Waals surface area contributed by atoms with Crippen molar-refractivity contribution in [3.63, 3.8) is 0 Å². The fraction of sp³-hybridized carbons (Fsp3) is 0.167. The number of carboxylic acid groups (broad SMARTS) is 1. The second-order valence-electron chi connectivity index (χ2n) is 3.76. The average Bonchev–Trinajstić information content (AvgIpc) is 2.58. The maximum Gasteiger partial charge on any atom is 0.335 e. The summed E-state index contributed by atoms with van der Waals surface area (Å²) in [6, 6.07) is 6.70. The first-order chi connectivity index (χ1) is 8.06. The lowest BCUT2D eigenvalue weighted by Gasteiger charge is -2.02. The van der Waals surface area contributed by atoms with Gasteiger partial charge in [-0.15, -0.1) is 0 Å². The van der Waals surface area contributed by atoms with Gasteiger partial charge in [-0.2, -0.15) is 5.10 Å². The van der Waals surface area contributed by atoms with Gasteiger partial charge in [0, 0.05) is 6.20 Å². The minimum absolute atomic E-state index is 0.281. The fourth-order valence-electron chi connectivity index (χ4n) is 1.51. The SMILES string of the molecule is Cc1nn(Cc2ccc(C(=O)O)cc2)cc1Cl. The predicted octanol–water partition coefficient (Wildman–Crippen LogP) is 2.59. The molecule has 88 valence electrons. The van der Waals surface area contributed by atoms with Crippen LogP contribution in [-0.2, 0) is 6.54 Å². The number of aryl methyl sites for hydroxylation is 1. The van der Waals surface area contributed by atoms with Crippen LogP contribution in [0.1, 0.15) is 21.6 Å². The average molecular weight is 251 g/mol. The third-order valence-corrected chi connectivity index (χ3v) is 2.80. The van der Waals surface area contributed by atoms with E-state index in [9.17, 15) is 4.79 Å². The molecule has 0 unspecified atom stereocenters. The first-order valence-electron chi connectivity index (χ1n) is 5.08. The zero-order chi connectivity index (χ0) is 12.4. The molecule has 1 heterocycles. The highest BCUT2D eigenvalue weighted by atomic mass is 35.5. The minimum Gasteiger partial charge on any atom is -0.478 e. The van der Waals surface area contributed by atoms with Gasteiger partial charge in [0.1, 0.15) is 0 Å². The molecule has 0 saturated carbocycles. The van der Waals surface area contributed by atoms with Gasteiger partial charge >= 0.3 is 5.97 Å². The van der Waals surface area contributed by atoms with Crippen LogP contribution in [0.2, 0.25) is 5.02 Å². The Kier molecular flexibility index (Phi) is 3.15.